The molecule has 2 heterocycles. The number of nitrogens with one attached hydrogen (secondary N) is 1. The highest BCUT2D eigenvalue weighted by Crippen LogP contribution is 2.15. The van der Waals surface area contributed by atoms with E-state index in [2.05, 4.69) is 14.9 Å². The molecule has 5 heteroatoms. The fourth-order valence-corrected chi connectivity index (χ4v) is 1.61. The molecule has 0 saturated heterocycles. The van der Waals surface area contributed by atoms with Gasteiger partial charge in [-0.15, -0.1) is 0 Å². The summed E-state index contributed by atoms with van der Waals surface area (Å²) in [4.78, 5) is 19.6. The van der Waals surface area contributed by atoms with E-state index in [0.29, 0.717) is 6.42 Å². The minimum atomic E-state index is -0.739. The van der Waals surface area contributed by atoms with Crippen molar-refractivity contribution in [2.75, 3.05) is 6.54 Å². The molecule has 5 nitrogen and oxygen atoms in total. The van der Waals surface area contributed by atoms with Crippen molar-refractivity contribution in [1.82, 2.24) is 14.9 Å². The van der Waals surface area contributed by atoms with Crippen LogP contribution in [0.5, 0.6) is 0 Å². The largest absolute Gasteiger partial charge is 0.481 e. The molecule has 0 saturated carbocycles. The summed E-state index contributed by atoms with van der Waals surface area (Å²) in [5.74, 6) is -0.739. The fraction of sp³-hybridized carbons (Fsp3) is 0.400. The molecule has 0 spiro atoms. The lowest BCUT2D eigenvalue weighted by atomic mass is 10.2. The highest BCUT2D eigenvalue weighted by molar-refractivity contribution is 5.66. The maximum atomic E-state index is 10.3. The van der Waals surface area contributed by atoms with Crippen molar-refractivity contribution < 1.29 is 9.90 Å². The number of carboxylic acid groups (broad SMARTS) is 1. The van der Waals surface area contributed by atoms with E-state index < -0.39 is 5.97 Å². The maximum absolute atomic E-state index is 10.3. The van der Waals surface area contributed by atoms with E-state index in [1.807, 2.05) is 12.3 Å². The number of hydrogen-bond acceptors (Lipinski definition) is 3. The Labute approximate surface area is 87.4 Å². The molecular weight excluding hydrogens is 194 g/mol. The van der Waals surface area contributed by atoms with Crippen LogP contribution in [-0.4, -0.2) is 32.5 Å². The monoisotopic (exact) mass is 207 g/mol. The molecule has 0 atom stereocenters. The number of carbonyl (C=O) groups is 1. The van der Waals surface area contributed by atoms with E-state index >= 15 is 0 Å². The Balaban J connectivity index is 1.85. The zero-order chi connectivity index (χ0) is 10.7. The number of rotatable bonds is 4. The first-order valence-electron chi connectivity index (χ1n) is 4.92. The number of aliphatic carboxylic acids is 1. The number of hydrogen-bond donors (Lipinski definition) is 2. The van der Waals surface area contributed by atoms with Gasteiger partial charge in [-0.25, -0.2) is 4.98 Å². The summed E-state index contributed by atoms with van der Waals surface area (Å²) in [5.41, 5.74) is 2.07. The Morgan fingerprint density at radius 1 is 1.67 bits per heavy atom. The van der Waals surface area contributed by atoms with Gasteiger partial charge >= 0.3 is 5.97 Å². The SMILES string of the molecule is O=C(O)CCCN1C=Cc2[nH]cnc2C1. The number of carboxylic acids is 1. The summed E-state index contributed by atoms with van der Waals surface area (Å²) in [6.07, 6.45) is 6.50. The standard InChI is InChI=1S/C10H13N3O2/c14-10(15)2-1-4-13-5-3-8-9(6-13)12-7-11-8/h3,5,7H,1-2,4,6H2,(H,11,12)(H,14,15). The molecule has 1 aliphatic heterocycles. The molecule has 0 radical (unpaired) electrons. The molecule has 0 aromatic carbocycles. The van der Waals surface area contributed by atoms with Crippen LogP contribution in [0.1, 0.15) is 24.2 Å². The summed E-state index contributed by atoms with van der Waals surface area (Å²) in [7, 11) is 0. The van der Waals surface area contributed by atoms with Gasteiger partial charge in [0, 0.05) is 19.2 Å². The van der Waals surface area contributed by atoms with E-state index in [-0.39, 0.29) is 6.42 Å². The topological polar surface area (TPSA) is 69.2 Å². The Bertz CT molecular complexity index is 384. The van der Waals surface area contributed by atoms with Crippen molar-refractivity contribution in [3.63, 3.8) is 0 Å². The first-order valence-corrected chi connectivity index (χ1v) is 4.92. The van der Waals surface area contributed by atoms with Gasteiger partial charge in [-0.3, -0.25) is 4.79 Å². The smallest absolute Gasteiger partial charge is 0.303 e. The van der Waals surface area contributed by atoms with E-state index in [9.17, 15) is 4.79 Å². The summed E-state index contributed by atoms with van der Waals surface area (Å²) < 4.78 is 0. The van der Waals surface area contributed by atoms with E-state index in [1.165, 1.54) is 0 Å². The zero-order valence-electron chi connectivity index (χ0n) is 8.31. The molecule has 0 unspecified atom stereocenters. The number of imidazole rings is 1. The molecule has 0 bridgehead atoms. The number of nitrogens with zero attached hydrogens (tertiary/aromatic N) is 2. The molecule has 0 amide bonds. The summed E-state index contributed by atoms with van der Waals surface area (Å²) >= 11 is 0. The van der Waals surface area contributed by atoms with Gasteiger partial charge in [-0.2, -0.15) is 0 Å². The lowest BCUT2D eigenvalue weighted by molar-refractivity contribution is -0.137. The van der Waals surface area contributed by atoms with Crippen molar-refractivity contribution in [2.24, 2.45) is 0 Å². The first-order chi connectivity index (χ1) is 7.25. The molecule has 15 heavy (non-hydrogen) atoms. The summed E-state index contributed by atoms with van der Waals surface area (Å²) in [6, 6.07) is 0. The molecule has 0 fully saturated rings. The molecule has 1 aliphatic rings. The van der Waals surface area contributed by atoms with Crippen LogP contribution in [0.4, 0.5) is 0 Å². The van der Waals surface area contributed by atoms with Crippen LogP contribution in [-0.2, 0) is 11.3 Å². The molecule has 2 N–H and O–H groups in total. The van der Waals surface area contributed by atoms with E-state index in [0.717, 1.165) is 24.5 Å². The van der Waals surface area contributed by atoms with Gasteiger partial charge in [-0.1, -0.05) is 0 Å². The van der Waals surface area contributed by atoms with E-state index in [4.69, 9.17) is 5.11 Å². The number of fused-ring (bicyclic) bond motifs is 1. The lowest BCUT2D eigenvalue weighted by Gasteiger charge is -2.22. The average molecular weight is 207 g/mol. The van der Waals surface area contributed by atoms with Crippen molar-refractivity contribution >= 4 is 12.0 Å². The predicted octanol–water partition coefficient (Wildman–Crippen LogP) is 1.06. The fourth-order valence-electron chi connectivity index (χ4n) is 1.61. The third-order valence-corrected chi connectivity index (χ3v) is 2.39. The number of aromatic nitrogens is 2. The second-order valence-electron chi connectivity index (χ2n) is 3.55. The molecule has 2 rings (SSSR count). The minimum Gasteiger partial charge on any atom is -0.481 e. The van der Waals surface area contributed by atoms with Gasteiger partial charge in [-0.05, 0) is 12.5 Å². The van der Waals surface area contributed by atoms with Crippen molar-refractivity contribution in [3.05, 3.63) is 23.9 Å². The van der Waals surface area contributed by atoms with Crippen LogP contribution in [0, 0.1) is 0 Å². The second kappa shape index (κ2) is 4.16. The van der Waals surface area contributed by atoms with Gasteiger partial charge in [0.1, 0.15) is 0 Å². The molecule has 0 aliphatic carbocycles. The summed E-state index contributed by atoms with van der Waals surface area (Å²) in [6.45, 7) is 1.52. The quantitative estimate of drug-likeness (QED) is 0.774. The number of H-pyrrole nitrogens is 1. The van der Waals surface area contributed by atoms with Crippen LogP contribution in [0.2, 0.25) is 0 Å². The minimum absolute atomic E-state index is 0.220. The van der Waals surface area contributed by atoms with Gasteiger partial charge in [0.05, 0.1) is 24.3 Å². The molecule has 1 aromatic heterocycles. The predicted molar refractivity (Wildman–Crippen MR) is 54.9 cm³/mol. The van der Waals surface area contributed by atoms with Crippen LogP contribution in [0.3, 0.4) is 0 Å². The van der Waals surface area contributed by atoms with Gasteiger partial charge < -0.3 is 15.0 Å². The maximum Gasteiger partial charge on any atom is 0.303 e. The van der Waals surface area contributed by atoms with Crippen molar-refractivity contribution in [2.45, 2.75) is 19.4 Å². The van der Waals surface area contributed by atoms with Gasteiger partial charge in [0.2, 0.25) is 0 Å². The molecule has 1 aromatic rings. The van der Waals surface area contributed by atoms with Gasteiger partial charge in [0.15, 0.2) is 0 Å². The lowest BCUT2D eigenvalue weighted by Crippen LogP contribution is -2.21. The van der Waals surface area contributed by atoms with Crippen LogP contribution in [0.25, 0.3) is 6.08 Å². The third kappa shape index (κ3) is 2.37. The Hall–Kier alpha value is -1.78. The Kier molecular flexibility index (Phi) is 2.71. The molecule has 80 valence electrons. The zero-order valence-corrected chi connectivity index (χ0v) is 8.31. The normalized spacial score (nSPS) is 14.0. The first kappa shape index (κ1) is 9.76. The van der Waals surface area contributed by atoms with Gasteiger partial charge in [0.25, 0.3) is 0 Å². The van der Waals surface area contributed by atoms with E-state index in [1.54, 1.807) is 6.33 Å². The van der Waals surface area contributed by atoms with Crippen LogP contribution >= 0.6 is 0 Å². The summed E-state index contributed by atoms with van der Waals surface area (Å²) in [5, 5.41) is 8.51. The Morgan fingerprint density at radius 2 is 2.53 bits per heavy atom. The third-order valence-electron chi connectivity index (χ3n) is 2.39. The van der Waals surface area contributed by atoms with Crippen LogP contribution in [0.15, 0.2) is 12.5 Å². The Morgan fingerprint density at radius 3 is 3.33 bits per heavy atom. The second-order valence-corrected chi connectivity index (χ2v) is 3.55. The highest BCUT2D eigenvalue weighted by Gasteiger charge is 2.12. The number of aromatic amines is 1. The highest BCUT2D eigenvalue weighted by atomic mass is 16.4. The average Bonchev–Trinajstić information content (AvgIpc) is 2.64. The van der Waals surface area contributed by atoms with Crippen molar-refractivity contribution in [3.8, 4) is 0 Å². The van der Waals surface area contributed by atoms with Crippen molar-refractivity contribution in [1.29, 1.82) is 0 Å². The van der Waals surface area contributed by atoms with Crippen LogP contribution < -0.4 is 0 Å². The molecular formula is C10H13N3O2.